The van der Waals surface area contributed by atoms with E-state index in [4.69, 9.17) is 4.74 Å². The van der Waals surface area contributed by atoms with Crippen molar-refractivity contribution < 1.29 is 14.3 Å². The van der Waals surface area contributed by atoms with Crippen LogP contribution in [0.3, 0.4) is 0 Å². The summed E-state index contributed by atoms with van der Waals surface area (Å²) in [6.07, 6.45) is 0.282. The van der Waals surface area contributed by atoms with E-state index in [0.717, 1.165) is 37.6 Å². The summed E-state index contributed by atoms with van der Waals surface area (Å²) in [5.41, 5.74) is 2.63. The highest BCUT2D eigenvalue weighted by Crippen LogP contribution is 2.16. The number of hydrogen-bond donors (Lipinski definition) is 1. The summed E-state index contributed by atoms with van der Waals surface area (Å²) in [7, 11) is 0. The summed E-state index contributed by atoms with van der Waals surface area (Å²) in [6, 6.07) is 17.0. The molecule has 0 spiro atoms. The molecule has 1 N–H and O–H groups in total. The highest BCUT2D eigenvalue weighted by Gasteiger charge is 2.13. The minimum atomic E-state index is -0.149. The van der Waals surface area contributed by atoms with Crippen LogP contribution in [0.5, 0.6) is 0 Å². The van der Waals surface area contributed by atoms with Crippen LogP contribution in [0.4, 0.5) is 5.69 Å². The molecule has 1 heterocycles. The Morgan fingerprint density at radius 1 is 0.960 bits per heavy atom. The zero-order chi connectivity index (χ0) is 17.5. The van der Waals surface area contributed by atoms with E-state index in [1.54, 1.807) is 0 Å². The fourth-order valence-corrected chi connectivity index (χ4v) is 2.80. The van der Waals surface area contributed by atoms with Gasteiger partial charge in [-0.15, -0.1) is 0 Å². The molecule has 25 heavy (non-hydrogen) atoms. The largest absolute Gasteiger partial charge is 0.378 e. The number of ketones is 1. The van der Waals surface area contributed by atoms with Gasteiger partial charge < -0.3 is 15.0 Å². The molecule has 2 aromatic rings. The molecular weight excluding hydrogens is 316 g/mol. The number of rotatable bonds is 6. The average molecular weight is 338 g/mol. The molecule has 5 heteroatoms. The Labute approximate surface area is 147 Å². The van der Waals surface area contributed by atoms with Crippen LogP contribution in [-0.2, 0) is 16.0 Å². The summed E-state index contributed by atoms with van der Waals surface area (Å²) in [6.45, 7) is 3.20. The topological polar surface area (TPSA) is 58.6 Å². The number of nitrogens with zero attached hydrogens (tertiary/aromatic N) is 1. The van der Waals surface area contributed by atoms with Gasteiger partial charge in [0.05, 0.1) is 26.2 Å². The Balaban J connectivity index is 1.50. The van der Waals surface area contributed by atoms with Gasteiger partial charge >= 0.3 is 0 Å². The van der Waals surface area contributed by atoms with Gasteiger partial charge in [-0.1, -0.05) is 30.3 Å². The number of ether oxygens (including phenoxy) is 1. The number of benzene rings is 2. The lowest BCUT2D eigenvalue weighted by Gasteiger charge is -2.28. The average Bonchev–Trinajstić information content (AvgIpc) is 2.68. The zero-order valence-corrected chi connectivity index (χ0v) is 14.1. The predicted molar refractivity (Wildman–Crippen MR) is 97.0 cm³/mol. The molecule has 2 aromatic carbocycles. The van der Waals surface area contributed by atoms with Crippen LogP contribution >= 0.6 is 0 Å². The number of amides is 1. The van der Waals surface area contributed by atoms with Crippen LogP contribution in [-0.4, -0.2) is 44.5 Å². The number of carbonyl (C=O) groups is 2. The predicted octanol–water partition coefficient (Wildman–Crippen LogP) is 2.06. The number of hydrogen-bond acceptors (Lipinski definition) is 4. The van der Waals surface area contributed by atoms with E-state index in [1.807, 2.05) is 54.6 Å². The monoisotopic (exact) mass is 338 g/mol. The normalized spacial score (nSPS) is 14.2. The van der Waals surface area contributed by atoms with Gasteiger partial charge in [-0.25, -0.2) is 0 Å². The van der Waals surface area contributed by atoms with Crippen molar-refractivity contribution in [2.45, 2.75) is 6.42 Å². The Morgan fingerprint density at radius 3 is 2.32 bits per heavy atom. The van der Waals surface area contributed by atoms with Crippen LogP contribution < -0.4 is 10.2 Å². The second kappa shape index (κ2) is 8.44. The molecule has 0 saturated carbocycles. The van der Waals surface area contributed by atoms with Crippen LogP contribution in [0, 0.1) is 0 Å². The molecule has 5 nitrogen and oxygen atoms in total. The molecule has 0 unspecified atom stereocenters. The van der Waals surface area contributed by atoms with Crippen molar-refractivity contribution in [3.8, 4) is 0 Å². The SMILES string of the molecule is O=C(Cc1ccccc1)NCC(=O)c1ccc(N2CCOCC2)cc1. The molecule has 0 radical (unpaired) electrons. The minimum Gasteiger partial charge on any atom is -0.378 e. The maximum atomic E-state index is 12.2. The first-order chi connectivity index (χ1) is 12.2. The number of morpholine rings is 1. The Kier molecular flexibility index (Phi) is 5.80. The second-order valence-corrected chi connectivity index (χ2v) is 6.01. The lowest BCUT2D eigenvalue weighted by Crippen LogP contribution is -2.36. The molecule has 0 atom stereocenters. The maximum absolute atomic E-state index is 12.2. The highest BCUT2D eigenvalue weighted by atomic mass is 16.5. The van der Waals surface area contributed by atoms with Gasteiger partial charge in [-0.2, -0.15) is 0 Å². The summed E-state index contributed by atoms with van der Waals surface area (Å²) in [5.74, 6) is -0.237. The Hall–Kier alpha value is -2.66. The summed E-state index contributed by atoms with van der Waals surface area (Å²) >= 11 is 0. The van der Waals surface area contributed by atoms with E-state index in [-0.39, 0.29) is 24.7 Å². The van der Waals surface area contributed by atoms with Gasteiger partial charge in [0.25, 0.3) is 0 Å². The van der Waals surface area contributed by atoms with E-state index in [1.165, 1.54) is 0 Å². The van der Waals surface area contributed by atoms with E-state index in [9.17, 15) is 9.59 Å². The molecule has 1 fully saturated rings. The molecule has 0 bridgehead atoms. The molecule has 0 aromatic heterocycles. The van der Waals surface area contributed by atoms with E-state index >= 15 is 0 Å². The smallest absolute Gasteiger partial charge is 0.224 e. The standard InChI is InChI=1S/C20H22N2O3/c23-19(15-21-20(24)14-16-4-2-1-3-5-16)17-6-8-18(9-7-17)22-10-12-25-13-11-22/h1-9H,10-15H2,(H,21,24). The van der Waals surface area contributed by atoms with E-state index < -0.39 is 0 Å². The van der Waals surface area contributed by atoms with Crippen molar-refractivity contribution in [3.05, 3.63) is 65.7 Å². The van der Waals surface area contributed by atoms with Crippen molar-refractivity contribution in [2.75, 3.05) is 37.7 Å². The van der Waals surface area contributed by atoms with Crippen molar-refractivity contribution in [2.24, 2.45) is 0 Å². The quantitative estimate of drug-likeness (QED) is 0.819. The third-order valence-corrected chi connectivity index (χ3v) is 4.22. The van der Waals surface area contributed by atoms with Crippen LogP contribution in [0.1, 0.15) is 15.9 Å². The minimum absolute atomic E-state index is 0.0164. The fourth-order valence-electron chi connectivity index (χ4n) is 2.80. The molecule has 1 aliphatic rings. The van der Waals surface area contributed by atoms with Gasteiger partial charge in [0.1, 0.15) is 0 Å². The first-order valence-electron chi connectivity index (χ1n) is 8.49. The van der Waals surface area contributed by atoms with Crippen molar-refractivity contribution in [3.63, 3.8) is 0 Å². The number of nitrogens with one attached hydrogen (secondary N) is 1. The third-order valence-electron chi connectivity index (χ3n) is 4.22. The fraction of sp³-hybridized carbons (Fsp3) is 0.300. The van der Waals surface area contributed by atoms with Crippen molar-refractivity contribution in [1.29, 1.82) is 0 Å². The van der Waals surface area contributed by atoms with Gasteiger partial charge in [0.2, 0.25) is 5.91 Å². The summed E-state index contributed by atoms with van der Waals surface area (Å²) in [4.78, 5) is 26.4. The number of Topliss-reactive ketones (excluding diaryl/α,β-unsaturated/α-hetero) is 1. The lowest BCUT2D eigenvalue weighted by molar-refractivity contribution is -0.120. The maximum Gasteiger partial charge on any atom is 0.224 e. The van der Waals surface area contributed by atoms with E-state index in [2.05, 4.69) is 10.2 Å². The first kappa shape index (κ1) is 17.2. The number of anilines is 1. The molecule has 0 aliphatic carbocycles. The number of carbonyl (C=O) groups excluding carboxylic acids is 2. The van der Waals surface area contributed by atoms with Crippen LogP contribution in [0.15, 0.2) is 54.6 Å². The van der Waals surface area contributed by atoms with Crippen molar-refractivity contribution in [1.82, 2.24) is 5.32 Å². The second-order valence-electron chi connectivity index (χ2n) is 6.01. The molecule has 1 amide bonds. The highest BCUT2D eigenvalue weighted by molar-refractivity contribution is 5.99. The zero-order valence-electron chi connectivity index (χ0n) is 14.1. The molecule has 1 saturated heterocycles. The third kappa shape index (κ3) is 4.90. The Bertz CT molecular complexity index is 707. The van der Waals surface area contributed by atoms with Crippen molar-refractivity contribution >= 4 is 17.4 Å². The molecule has 1 aliphatic heterocycles. The molecular formula is C20H22N2O3. The van der Waals surface area contributed by atoms with Gasteiger partial charge in [-0.3, -0.25) is 9.59 Å². The summed E-state index contributed by atoms with van der Waals surface area (Å²) < 4.78 is 5.34. The molecule has 3 rings (SSSR count). The van der Waals surface area contributed by atoms with Gasteiger partial charge in [-0.05, 0) is 29.8 Å². The van der Waals surface area contributed by atoms with E-state index in [0.29, 0.717) is 5.56 Å². The van der Waals surface area contributed by atoms with Crippen LogP contribution in [0.2, 0.25) is 0 Å². The van der Waals surface area contributed by atoms with Gasteiger partial charge in [0.15, 0.2) is 5.78 Å². The van der Waals surface area contributed by atoms with Gasteiger partial charge in [0, 0.05) is 24.3 Å². The Morgan fingerprint density at radius 2 is 1.64 bits per heavy atom. The van der Waals surface area contributed by atoms with Crippen LogP contribution in [0.25, 0.3) is 0 Å². The summed E-state index contributed by atoms with van der Waals surface area (Å²) in [5, 5.41) is 2.69. The first-order valence-corrected chi connectivity index (χ1v) is 8.49. The molecule has 130 valence electrons. The lowest BCUT2D eigenvalue weighted by atomic mass is 10.1.